The molecule has 3 aromatic rings. The standard InChI is InChI=1S/C19H23N9O/c1-13-9-18(24-14(2)23-13)27-7-5-15(6-8-27)25-19(29)26-17-4-3-16(10-21-17)28-12-20-11-22-28/h3-4,9-12,15H,5-8H2,1-2H3,(H2,21,25,26,29). The molecule has 0 unspecified atom stereocenters. The average molecular weight is 393 g/mol. The van der Waals surface area contributed by atoms with Crippen LogP contribution in [-0.4, -0.2) is 54.9 Å². The van der Waals surface area contributed by atoms with Crippen molar-refractivity contribution in [3.63, 3.8) is 0 Å². The number of nitrogens with zero attached hydrogens (tertiary/aromatic N) is 7. The lowest BCUT2D eigenvalue weighted by atomic mass is 10.1. The largest absolute Gasteiger partial charge is 0.356 e. The number of hydrogen-bond acceptors (Lipinski definition) is 7. The molecular formula is C19H23N9O. The first-order chi connectivity index (χ1) is 14.1. The van der Waals surface area contributed by atoms with Crippen molar-refractivity contribution in [3.8, 4) is 5.69 Å². The van der Waals surface area contributed by atoms with E-state index in [0.717, 1.165) is 49.0 Å². The number of aryl methyl sites for hydroxylation is 2. The molecule has 150 valence electrons. The van der Waals surface area contributed by atoms with Crippen LogP contribution in [0.15, 0.2) is 37.1 Å². The van der Waals surface area contributed by atoms with Gasteiger partial charge in [-0.3, -0.25) is 5.32 Å². The topological polar surface area (TPSA) is 114 Å². The molecule has 10 heteroatoms. The molecule has 29 heavy (non-hydrogen) atoms. The van der Waals surface area contributed by atoms with E-state index in [-0.39, 0.29) is 12.1 Å². The molecule has 0 saturated carbocycles. The highest BCUT2D eigenvalue weighted by molar-refractivity contribution is 5.88. The van der Waals surface area contributed by atoms with E-state index in [9.17, 15) is 4.79 Å². The summed E-state index contributed by atoms with van der Waals surface area (Å²) in [5.74, 6) is 2.22. The van der Waals surface area contributed by atoms with Gasteiger partial charge in [-0.2, -0.15) is 5.10 Å². The minimum atomic E-state index is -0.252. The van der Waals surface area contributed by atoms with Crippen molar-refractivity contribution in [2.45, 2.75) is 32.7 Å². The van der Waals surface area contributed by atoms with Crippen LogP contribution in [0.4, 0.5) is 16.4 Å². The molecule has 0 atom stereocenters. The molecule has 4 rings (SSSR count). The second kappa shape index (κ2) is 8.21. The first-order valence-corrected chi connectivity index (χ1v) is 9.52. The molecule has 1 saturated heterocycles. The molecule has 1 fully saturated rings. The Balaban J connectivity index is 1.27. The number of amides is 2. The van der Waals surface area contributed by atoms with Gasteiger partial charge in [-0.05, 0) is 38.8 Å². The van der Waals surface area contributed by atoms with Gasteiger partial charge in [-0.15, -0.1) is 0 Å². The maximum Gasteiger partial charge on any atom is 0.320 e. The zero-order chi connectivity index (χ0) is 20.2. The Morgan fingerprint density at radius 2 is 2.00 bits per heavy atom. The third-order valence-electron chi connectivity index (χ3n) is 4.78. The summed E-state index contributed by atoms with van der Waals surface area (Å²) >= 11 is 0. The van der Waals surface area contributed by atoms with Gasteiger partial charge in [0.25, 0.3) is 0 Å². The number of aromatic nitrogens is 6. The summed E-state index contributed by atoms with van der Waals surface area (Å²) in [5, 5.41) is 9.85. The first kappa shape index (κ1) is 18.8. The Labute approximate surface area is 168 Å². The highest BCUT2D eigenvalue weighted by atomic mass is 16.2. The van der Waals surface area contributed by atoms with Gasteiger partial charge < -0.3 is 10.2 Å². The number of rotatable bonds is 4. The summed E-state index contributed by atoms with van der Waals surface area (Å²) in [6.45, 7) is 5.56. The Bertz CT molecular complexity index is 944. The van der Waals surface area contributed by atoms with Gasteiger partial charge >= 0.3 is 6.03 Å². The SMILES string of the molecule is Cc1cc(N2CCC(NC(=O)Nc3ccc(-n4cncn4)cn3)CC2)nc(C)n1. The fraction of sp³-hybridized carbons (Fsp3) is 0.368. The normalized spacial score (nSPS) is 14.6. The minimum absolute atomic E-state index is 0.115. The van der Waals surface area contributed by atoms with E-state index in [1.807, 2.05) is 26.0 Å². The number of nitrogens with one attached hydrogen (secondary N) is 2. The maximum atomic E-state index is 12.3. The highest BCUT2D eigenvalue weighted by Gasteiger charge is 2.22. The van der Waals surface area contributed by atoms with Crippen molar-refractivity contribution in [1.82, 2.24) is 35.0 Å². The second-order valence-corrected chi connectivity index (χ2v) is 7.02. The summed E-state index contributed by atoms with van der Waals surface area (Å²) in [4.78, 5) is 31.6. The summed E-state index contributed by atoms with van der Waals surface area (Å²) in [5.41, 5.74) is 1.74. The Morgan fingerprint density at radius 3 is 2.66 bits per heavy atom. The number of urea groups is 1. The lowest BCUT2D eigenvalue weighted by Gasteiger charge is -2.33. The molecule has 0 aromatic carbocycles. The molecule has 0 bridgehead atoms. The van der Waals surface area contributed by atoms with E-state index >= 15 is 0 Å². The predicted molar refractivity (Wildman–Crippen MR) is 108 cm³/mol. The van der Waals surface area contributed by atoms with Gasteiger partial charge in [-0.1, -0.05) is 0 Å². The third-order valence-corrected chi connectivity index (χ3v) is 4.78. The van der Waals surface area contributed by atoms with Crippen LogP contribution in [0.1, 0.15) is 24.4 Å². The summed E-state index contributed by atoms with van der Waals surface area (Å²) < 4.78 is 1.60. The van der Waals surface area contributed by atoms with Crippen LogP contribution >= 0.6 is 0 Å². The van der Waals surface area contributed by atoms with Gasteiger partial charge in [-0.25, -0.2) is 29.4 Å². The van der Waals surface area contributed by atoms with E-state index in [0.29, 0.717) is 5.82 Å². The second-order valence-electron chi connectivity index (χ2n) is 7.02. The van der Waals surface area contributed by atoms with Crippen molar-refractivity contribution in [2.75, 3.05) is 23.3 Å². The van der Waals surface area contributed by atoms with Crippen LogP contribution in [0.3, 0.4) is 0 Å². The number of pyridine rings is 1. The van der Waals surface area contributed by atoms with Crippen LogP contribution in [0.25, 0.3) is 5.69 Å². The maximum absolute atomic E-state index is 12.3. The monoisotopic (exact) mass is 393 g/mol. The van der Waals surface area contributed by atoms with Gasteiger partial charge in [0.15, 0.2) is 0 Å². The van der Waals surface area contributed by atoms with Crippen LogP contribution in [0.2, 0.25) is 0 Å². The van der Waals surface area contributed by atoms with E-state index in [4.69, 9.17) is 0 Å². The molecule has 1 aliphatic rings. The number of carbonyl (C=O) groups excluding carboxylic acids is 1. The molecular weight excluding hydrogens is 370 g/mol. The Kier molecular flexibility index (Phi) is 5.32. The Morgan fingerprint density at radius 1 is 1.17 bits per heavy atom. The summed E-state index contributed by atoms with van der Waals surface area (Å²) in [7, 11) is 0. The van der Waals surface area contributed by atoms with Gasteiger partial charge in [0, 0.05) is 30.9 Å². The van der Waals surface area contributed by atoms with Crippen LogP contribution in [-0.2, 0) is 0 Å². The molecule has 2 N–H and O–H groups in total. The molecule has 10 nitrogen and oxygen atoms in total. The van der Waals surface area contributed by atoms with E-state index in [1.165, 1.54) is 6.33 Å². The van der Waals surface area contributed by atoms with E-state index in [2.05, 4.69) is 40.6 Å². The smallest absolute Gasteiger partial charge is 0.320 e. The molecule has 0 aliphatic carbocycles. The van der Waals surface area contributed by atoms with Crippen molar-refractivity contribution >= 4 is 17.7 Å². The molecule has 0 radical (unpaired) electrons. The number of anilines is 2. The highest BCUT2D eigenvalue weighted by Crippen LogP contribution is 2.19. The first-order valence-electron chi connectivity index (χ1n) is 9.52. The lowest BCUT2D eigenvalue weighted by molar-refractivity contribution is 0.246. The van der Waals surface area contributed by atoms with Crippen molar-refractivity contribution in [3.05, 3.63) is 48.6 Å². The van der Waals surface area contributed by atoms with E-state index in [1.54, 1.807) is 23.3 Å². The zero-order valence-corrected chi connectivity index (χ0v) is 16.4. The molecule has 0 spiro atoms. The van der Waals surface area contributed by atoms with Crippen LogP contribution < -0.4 is 15.5 Å². The minimum Gasteiger partial charge on any atom is -0.356 e. The molecule has 3 aromatic heterocycles. The third kappa shape index (κ3) is 4.65. The number of hydrogen-bond donors (Lipinski definition) is 2. The van der Waals surface area contributed by atoms with Crippen LogP contribution in [0.5, 0.6) is 0 Å². The zero-order valence-electron chi connectivity index (χ0n) is 16.4. The fourth-order valence-corrected chi connectivity index (χ4v) is 3.39. The van der Waals surface area contributed by atoms with Gasteiger partial charge in [0.05, 0.1) is 11.9 Å². The van der Waals surface area contributed by atoms with Crippen LogP contribution in [0, 0.1) is 13.8 Å². The lowest BCUT2D eigenvalue weighted by Crippen LogP contribution is -2.46. The molecule has 4 heterocycles. The predicted octanol–water partition coefficient (Wildman–Crippen LogP) is 1.86. The van der Waals surface area contributed by atoms with Gasteiger partial charge in [0.2, 0.25) is 0 Å². The van der Waals surface area contributed by atoms with Crippen molar-refractivity contribution in [1.29, 1.82) is 0 Å². The molecule has 2 amide bonds. The quantitative estimate of drug-likeness (QED) is 0.695. The number of carbonyl (C=O) groups is 1. The Hall–Kier alpha value is -3.56. The fourth-order valence-electron chi connectivity index (χ4n) is 3.39. The van der Waals surface area contributed by atoms with Crippen molar-refractivity contribution < 1.29 is 4.79 Å². The molecule has 1 aliphatic heterocycles. The summed E-state index contributed by atoms with van der Waals surface area (Å²) in [6.07, 6.45) is 6.39. The number of piperidine rings is 1. The van der Waals surface area contributed by atoms with Gasteiger partial charge in [0.1, 0.15) is 30.1 Å². The van der Waals surface area contributed by atoms with Crippen molar-refractivity contribution in [2.24, 2.45) is 0 Å². The van der Waals surface area contributed by atoms with E-state index < -0.39 is 0 Å². The average Bonchev–Trinajstić information content (AvgIpc) is 3.23. The summed E-state index contributed by atoms with van der Waals surface area (Å²) in [6, 6.07) is 5.42.